The lowest BCUT2D eigenvalue weighted by atomic mass is 10.1. The lowest BCUT2D eigenvalue weighted by Crippen LogP contribution is -2.16. The van der Waals surface area contributed by atoms with Gasteiger partial charge in [-0.2, -0.15) is 0 Å². The first kappa shape index (κ1) is 29.4. The number of hydrogen-bond donors (Lipinski definition) is 0. The molecular formula is C42H34N4O. The Labute approximate surface area is 276 Å². The van der Waals surface area contributed by atoms with Crippen molar-refractivity contribution in [3.05, 3.63) is 188 Å². The number of rotatable bonds is 10. The number of nitrogens with zero attached hydrogens (tertiary/aromatic N) is 4. The van der Waals surface area contributed by atoms with Gasteiger partial charge in [0.1, 0.15) is 11.6 Å². The SMILES string of the molecule is COc1cccc(N(c2cc(N(c3ccccc3)c3ccccc3)cc(N(c3ccccc3)c3ccccc3)c2)c2ccccn2)c1. The first-order chi connectivity index (χ1) is 23.3. The summed E-state index contributed by atoms with van der Waals surface area (Å²) in [6.07, 6.45) is 1.83. The number of pyridine rings is 1. The summed E-state index contributed by atoms with van der Waals surface area (Å²) < 4.78 is 5.67. The molecule has 0 N–H and O–H groups in total. The van der Waals surface area contributed by atoms with Gasteiger partial charge in [-0.3, -0.25) is 4.90 Å². The van der Waals surface area contributed by atoms with Crippen molar-refractivity contribution in [3.8, 4) is 5.75 Å². The molecule has 7 rings (SSSR count). The van der Waals surface area contributed by atoms with Crippen molar-refractivity contribution in [1.29, 1.82) is 0 Å². The summed E-state index contributed by atoms with van der Waals surface area (Å²) in [5, 5.41) is 0. The zero-order valence-electron chi connectivity index (χ0n) is 26.1. The minimum Gasteiger partial charge on any atom is -0.497 e. The van der Waals surface area contributed by atoms with Gasteiger partial charge in [0.15, 0.2) is 0 Å². The van der Waals surface area contributed by atoms with E-state index in [9.17, 15) is 0 Å². The maximum atomic E-state index is 5.67. The Morgan fingerprint density at radius 2 is 0.766 bits per heavy atom. The van der Waals surface area contributed by atoms with Crippen LogP contribution in [0.5, 0.6) is 5.75 Å². The molecule has 0 amide bonds. The molecule has 0 saturated carbocycles. The highest BCUT2D eigenvalue weighted by molar-refractivity contribution is 5.88. The molecule has 228 valence electrons. The number of anilines is 9. The zero-order chi connectivity index (χ0) is 31.8. The molecule has 0 spiro atoms. The molecule has 6 aromatic carbocycles. The quantitative estimate of drug-likeness (QED) is 0.154. The third-order valence-corrected chi connectivity index (χ3v) is 7.91. The van der Waals surface area contributed by atoms with Crippen LogP contribution in [0.1, 0.15) is 0 Å². The summed E-state index contributed by atoms with van der Waals surface area (Å²) in [6, 6.07) is 62.7. The van der Waals surface area contributed by atoms with Crippen molar-refractivity contribution < 1.29 is 4.74 Å². The van der Waals surface area contributed by atoms with Crippen molar-refractivity contribution in [2.24, 2.45) is 0 Å². The summed E-state index contributed by atoms with van der Waals surface area (Å²) >= 11 is 0. The van der Waals surface area contributed by atoms with Gasteiger partial charge in [0.2, 0.25) is 0 Å². The highest BCUT2D eigenvalue weighted by Gasteiger charge is 2.22. The average Bonchev–Trinajstić information content (AvgIpc) is 3.14. The predicted molar refractivity (Wildman–Crippen MR) is 195 cm³/mol. The second-order valence-corrected chi connectivity index (χ2v) is 10.9. The maximum Gasteiger partial charge on any atom is 0.137 e. The van der Waals surface area contributed by atoms with E-state index >= 15 is 0 Å². The molecule has 7 aromatic rings. The second-order valence-electron chi connectivity index (χ2n) is 10.9. The minimum atomic E-state index is 0.769. The van der Waals surface area contributed by atoms with Crippen molar-refractivity contribution in [2.75, 3.05) is 21.8 Å². The predicted octanol–water partition coefficient (Wildman–Crippen LogP) is 11.5. The average molecular weight is 611 g/mol. The van der Waals surface area contributed by atoms with Gasteiger partial charge < -0.3 is 14.5 Å². The summed E-state index contributed by atoms with van der Waals surface area (Å²) in [4.78, 5) is 11.6. The van der Waals surface area contributed by atoms with Gasteiger partial charge in [0, 0.05) is 35.0 Å². The van der Waals surface area contributed by atoms with Crippen LogP contribution < -0.4 is 19.4 Å². The van der Waals surface area contributed by atoms with Crippen LogP contribution in [0.4, 0.5) is 51.3 Å². The molecule has 0 aliphatic carbocycles. The van der Waals surface area contributed by atoms with E-state index in [4.69, 9.17) is 9.72 Å². The Morgan fingerprint density at radius 1 is 0.362 bits per heavy atom. The van der Waals surface area contributed by atoms with Gasteiger partial charge >= 0.3 is 0 Å². The number of methoxy groups -OCH3 is 1. The summed E-state index contributed by atoms with van der Waals surface area (Å²) in [5.41, 5.74) is 8.08. The van der Waals surface area contributed by atoms with Gasteiger partial charge in [0.05, 0.1) is 29.9 Å². The molecule has 0 bridgehead atoms. The molecule has 5 heteroatoms. The Morgan fingerprint density at radius 3 is 1.17 bits per heavy atom. The van der Waals surface area contributed by atoms with E-state index in [-0.39, 0.29) is 0 Å². The molecule has 0 radical (unpaired) electrons. The van der Waals surface area contributed by atoms with E-state index in [0.29, 0.717) is 0 Å². The van der Waals surface area contributed by atoms with E-state index in [0.717, 1.165) is 57.1 Å². The standard InChI is InChI=1S/C42H34N4O/c1-47-41-26-16-25-37(32-41)46(42-27-14-15-28-43-42)40-30-38(44(33-17-6-2-7-18-33)34-19-8-3-9-20-34)29-39(31-40)45(35-21-10-4-11-22-35)36-23-12-5-13-24-36/h2-32H,1H3. The smallest absolute Gasteiger partial charge is 0.137 e. The first-order valence-electron chi connectivity index (χ1n) is 15.6. The van der Waals surface area contributed by atoms with Crippen LogP contribution in [0.25, 0.3) is 0 Å². The molecule has 47 heavy (non-hydrogen) atoms. The van der Waals surface area contributed by atoms with Crippen molar-refractivity contribution in [3.63, 3.8) is 0 Å². The fourth-order valence-electron chi connectivity index (χ4n) is 5.82. The third kappa shape index (κ3) is 6.42. The van der Waals surface area contributed by atoms with Crippen LogP contribution in [-0.4, -0.2) is 12.1 Å². The van der Waals surface area contributed by atoms with Crippen molar-refractivity contribution in [1.82, 2.24) is 4.98 Å². The minimum absolute atomic E-state index is 0.769. The maximum absolute atomic E-state index is 5.67. The van der Waals surface area contributed by atoms with Gasteiger partial charge in [-0.25, -0.2) is 4.98 Å². The van der Waals surface area contributed by atoms with Gasteiger partial charge in [0.25, 0.3) is 0 Å². The number of hydrogen-bond acceptors (Lipinski definition) is 5. The fraction of sp³-hybridized carbons (Fsp3) is 0.0238. The summed E-state index contributed by atoms with van der Waals surface area (Å²) in [6.45, 7) is 0. The van der Waals surface area contributed by atoms with Crippen LogP contribution in [0.2, 0.25) is 0 Å². The van der Waals surface area contributed by atoms with Gasteiger partial charge in [-0.1, -0.05) is 84.9 Å². The van der Waals surface area contributed by atoms with E-state index < -0.39 is 0 Å². The Bertz CT molecular complexity index is 1840. The highest BCUT2D eigenvalue weighted by Crippen LogP contribution is 2.45. The zero-order valence-corrected chi connectivity index (χ0v) is 26.1. The van der Waals surface area contributed by atoms with Crippen molar-refractivity contribution >= 4 is 51.3 Å². The molecule has 0 aliphatic heterocycles. The molecule has 1 aromatic heterocycles. The molecule has 0 aliphatic rings. The molecule has 0 atom stereocenters. The molecule has 0 fully saturated rings. The van der Waals surface area contributed by atoms with Crippen LogP contribution in [0.3, 0.4) is 0 Å². The largest absolute Gasteiger partial charge is 0.497 e. The molecule has 1 heterocycles. The number of ether oxygens (including phenoxy) is 1. The monoisotopic (exact) mass is 610 g/mol. The van der Waals surface area contributed by atoms with Crippen molar-refractivity contribution in [2.45, 2.75) is 0 Å². The molecule has 0 saturated heterocycles. The van der Waals surface area contributed by atoms with E-state index in [2.05, 4.69) is 136 Å². The summed E-state index contributed by atoms with van der Waals surface area (Å²) in [7, 11) is 1.69. The fourth-order valence-corrected chi connectivity index (χ4v) is 5.82. The number of aromatic nitrogens is 1. The molecule has 0 unspecified atom stereocenters. The van der Waals surface area contributed by atoms with E-state index in [1.54, 1.807) is 7.11 Å². The Kier molecular flexibility index (Phi) is 8.60. The van der Waals surface area contributed by atoms with E-state index in [1.807, 2.05) is 66.9 Å². The van der Waals surface area contributed by atoms with Crippen LogP contribution in [-0.2, 0) is 0 Å². The van der Waals surface area contributed by atoms with Crippen LogP contribution in [0.15, 0.2) is 188 Å². The first-order valence-corrected chi connectivity index (χ1v) is 15.6. The van der Waals surface area contributed by atoms with Crippen LogP contribution >= 0.6 is 0 Å². The third-order valence-electron chi connectivity index (χ3n) is 7.91. The molecular weight excluding hydrogens is 576 g/mol. The number of para-hydroxylation sites is 4. The van der Waals surface area contributed by atoms with Crippen LogP contribution in [0, 0.1) is 0 Å². The summed E-state index contributed by atoms with van der Waals surface area (Å²) in [5.74, 6) is 1.56. The second kappa shape index (κ2) is 13.8. The Hall–Kier alpha value is -6.33. The van der Waals surface area contributed by atoms with Gasteiger partial charge in [-0.15, -0.1) is 0 Å². The Balaban J connectivity index is 1.53. The number of benzene rings is 6. The van der Waals surface area contributed by atoms with E-state index in [1.165, 1.54) is 0 Å². The normalized spacial score (nSPS) is 10.7. The lowest BCUT2D eigenvalue weighted by Gasteiger charge is -2.32. The highest BCUT2D eigenvalue weighted by atomic mass is 16.5. The topological polar surface area (TPSA) is 31.8 Å². The molecule has 5 nitrogen and oxygen atoms in total. The van der Waals surface area contributed by atoms with Gasteiger partial charge in [-0.05, 0) is 91.0 Å². The lowest BCUT2D eigenvalue weighted by molar-refractivity contribution is 0.415.